The van der Waals surface area contributed by atoms with Gasteiger partial charge in [-0.05, 0) is 24.8 Å². The zero-order valence-corrected chi connectivity index (χ0v) is 12.0. The lowest BCUT2D eigenvalue weighted by atomic mass is 10.1. The monoisotopic (exact) mass is 246 g/mol. The molecule has 0 spiro atoms. The van der Waals surface area contributed by atoms with E-state index >= 15 is 0 Å². The molecule has 1 aliphatic rings. The van der Waals surface area contributed by atoms with Gasteiger partial charge in [-0.25, -0.2) is 0 Å². The van der Waals surface area contributed by atoms with Crippen LogP contribution < -0.4 is 0 Å². The van der Waals surface area contributed by atoms with Crippen LogP contribution in [-0.2, 0) is 4.74 Å². The van der Waals surface area contributed by atoms with E-state index in [9.17, 15) is 0 Å². The van der Waals surface area contributed by atoms with E-state index in [0.717, 1.165) is 6.61 Å². The molecule has 1 aromatic rings. The number of hydrogen-bond donors (Lipinski definition) is 0. The van der Waals surface area contributed by atoms with Crippen LogP contribution >= 0.6 is 0 Å². The number of ether oxygens (including phenoxy) is 1. The van der Waals surface area contributed by atoms with E-state index in [-0.39, 0.29) is 5.22 Å². The van der Waals surface area contributed by atoms with Crippen LogP contribution in [-0.4, -0.2) is 20.6 Å². The highest BCUT2D eigenvalue weighted by Crippen LogP contribution is 2.29. The Balaban J connectivity index is 2.15. The summed E-state index contributed by atoms with van der Waals surface area (Å²) in [4.78, 5) is 0. The molecule has 1 aliphatic heterocycles. The summed E-state index contributed by atoms with van der Waals surface area (Å²) in [5.74, 6) is 0. The van der Waals surface area contributed by atoms with Crippen LogP contribution in [0.1, 0.15) is 24.8 Å². The van der Waals surface area contributed by atoms with Gasteiger partial charge in [-0.2, -0.15) is 0 Å². The second kappa shape index (κ2) is 5.65. The minimum Gasteiger partial charge on any atom is -0.375 e. The molecule has 2 heteroatoms. The topological polar surface area (TPSA) is 9.23 Å². The first-order chi connectivity index (χ1) is 8.23. The Bertz CT molecular complexity index is 364. The molecule has 1 unspecified atom stereocenters. The Morgan fingerprint density at radius 3 is 2.53 bits per heavy atom. The summed E-state index contributed by atoms with van der Waals surface area (Å²) >= 11 is 0. The fraction of sp³-hybridized carbons (Fsp3) is 0.467. The molecule has 0 aliphatic carbocycles. The standard InChI is InChI=1S/C15H22OSi/c1-17(2)15(11-6-7-13-16-15)12-10-14-8-4-3-5-9-14/h3-5,8-10,12,17H,6-7,11,13H2,1-2H3. The SMILES string of the molecule is C[SiH](C)C1(C=Cc2ccccc2)CCCCO1. The molecule has 1 fully saturated rings. The zero-order valence-electron chi connectivity index (χ0n) is 10.9. The molecular formula is C15H22OSi. The third-order valence-electron chi connectivity index (χ3n) is 3.67. The van der Waals surface area contributed by atoms with E-state index in [1.54, 1.807) is 0 Å². The van der Waals surface area contributed by atoms with Crippen molar-refractivity contribution >= 4 is 14.9 Å². The lowest BCUT2D eigenvalue weighted by Gasteiger charge is -2.38. The molecule has 0 amide bonds. The molecule has 0 saturated carbocycles. The maximum Gasteiger partial charge on any atom is 0.0745 e. The normalized spacial score (nSPS) is 25.6. The Labute approximate surface area is 106 Å². The van der Waals surface area contributed by atoms with Crippen molar-refractivity contribution in [1.29, 1.82) is 0 Å². The van der Waals surface area contributed by atoms with Crippen molar-refractivity contribution in [3.8, 4) is 0 Å². The first-order valence-corrected chi connectivity index (χ1v) is 9.50. The highest BCUT2D eigenvalue weighted by Gasteiger charge is 2.34. The van der Waals surface area contributed by atoms with Gasteiger partial charge < -0.3 is 4.74 Å². The molecule has 1 saturated heterocycles. The van der Waals surface area contributed by atoms with E-state index in [2.05, 4.69) is 55.6 Å². The number of benzene rings is 1. The van der Waals surface area contributed by atoms with Crippen molar-refractivity contribution in [2.45, 2.75) is 37.6 Å². The second-order valence-corrected chi connectivity index (χ2v) is 8.45. The fourth-order valence-electron chi connectivity index (χ4n) is 2.42. The van der Waals surface area contributed by atoms with Gasteiger partial charge in [0.05, 0.1) is 14.0 Å². The first kappa shape index (κ1) is 12.6. The van der Waals surface area contributed by atoms with Gasteiger partial charge >= 0.3 is 0 Å². The lowest BCUT2D eigenvalue weighted by Crippen LogP contribution is -2.45. The predicted octanol–water partition coefficient (Wildman–Crippen LogP) is 3.67. The Kier molecular flexibility index (Phi) is 4.19. The maximum atomic E-state index is 6.12. The maximum absolute atomic E-state index is 6.12. The van der Waals surface area contributed by atoms with E-state index in [1.165, 1.54) is 24.8 Å². The summed E-state index contributed by atoms with van der Waals surface area (Å²) in [5, 5.41) is 0.0914. The molecular weight excluding hydrogens is 224 g/mol. The molecule has 0 radical (unpaired) electrons. The average Bonchev–Trinajstić information content (AvgIpc) is 2.38. The summed E-state index contributed by atoms with van der Waals surface area (Å²) in [6.45, 7) is 5.71. The molecule has 92 valence electrons. The summed E-state index contributed by atoms with van der Waals surface area (Å²) in [5.41, 5.74) is 1.27. The van der Waals surface area contributed by atoms with Gasteiger partial charge in [-0.3, -0.25) is 0 Å². The van der Waals surface area contributed by atoms with E-state index in [0.29, 0.717) is 0 Å². The minimum absolute atomic E-state index is 0.0914. The van der Waals surface area contributed by atoms with Crippen LogP contribution in [0.3, 0.4) is 0 Å². The third kappa shape index (κ3) is 3.08. The summed E-state index contributed by atoms with van der Waals surface area (Å²) in [6.07, 6.45) is 8.31. The molecule has 0 bridgehead atoms. The molecule has 1 aromatic carbocycles. The summed E-state index contributed by atoms with van der Waals surface area (Å²) in [7, 11) is -0.838. The van der Waals surface area contributed by atoms with Crippen molar-refractivity contribution in [3.63, 3.8) is 0 Å². The van der Waals surface area contributed by atoms with Gasteiger partial charge in [-0.15, -0.1) is 0 Å². The smallest absolute Gasteiger partial charge is 0.0745 e. The molecule has 1 heterocycles. The van der Waals surface area contributed by atoms with E-state index in [1.807, 2.05) is 0 Å². The Morgan fingerprint density at radius 2 is 1.94 bits per heavy atom. The van der Waals surface area contributed by atoms with Crippen LogP contribution in [0, 0.1) is 0 Å². The number of rotatable bonds is 3. The van der Waals surface area contributed by atoms with Crippen LogP contribution in [0.2, 0.25) is 13.1 Å². The molecule has 17 heavy (non-hydrogen) atoms. The van der Waals surface area contributed by atoms with Crippen molar-refractivity contribution in [2.24, 2.45) is 0 Å². The summed E-state index contributed by atoms with van der Waals surface area (Å²) in [6, 6.07) is 10.5. The quantitative estimate of drug-likeness (QED) is 0.740. The van der Waals surface area contributed by atoms with Crippen LogP contribution in [0.5, 0.6) is 0 Å². The minimum atomic E-state index is -0.838. The largest absolute Gasteiger partial charge is 0.375 e. The highest BCUT2D eigenvalue weighted by atomic mass is 28.3. The molecule has 1 atom stereocenters. The summed E-state index contributed by atoms with van der Waals surface area (Å²) < 4.78 is 6.12. The second-order valence-electron chi connectivity index (χ2n) is 5.16. The fourth-order valence-corrected chi connectivity index (χ4v) is 4.13. The van der Waals surface area contributed by atoms with Gasteiger partial charge in [0.15, 0.2) is 0 Å². The van der Waals surface area contributed by atoms with Crippen LogP contribution in [0.25, 0.3) is 6.08 Å². The third-order valence-corrected chi connectivity index (χ3v) is 6.27. The van der Waals surface area contributed by atoms with Crippen molar-refractivity contribution in [3.05, 3.63) is 42.0 Å². The van der Waals surface area contributed by atoms with E-state index < -0.39 is 8.80 Å². The van der Waals surface area contributed by atoms with Crippen LogP contribution in [0.4, 0.5) is 0 Å². The highest BCUT2D eigenvalue weighted by molar-refractivity contribution is 6.60. The Morgan fingerprint density at radius 1 is 1.18 bits per heavy atom. The van der Waals surface area contributed by atoms with Crippen molar-refractivity contribution in [2.75, 3.05) is 6.61 Å². The van der Waals surface area contributed by atoms with Gasteiger partial charge in [0.1, 0.15) is 0 Å². The average molecular weight is 246 g/mol. The van der Waals surface area contributed by atoms with Gasteiger partial charge in [0, 0.05) is 6.61 Å². The molecule has 1 nitrogen and oxygen atoms in total. The van der Waals surface area contributed by atoms with Gasteiger partial charge in [0.25, 0.3) is 0 Å². The molecule has 0 aromatic heterocycles. The van der Waals surface area contributed by atoms with E-state index in [4.69, 9.17) is 4.74 Å². The van der Waals surface area contributed by atoms with Gasteiger partial charge in [0.2, 0.25) is 0 Å². The predicted molar refractivity (Wildman–Crippen MR) is 76.9 cm³/mol. The first-order valence-electron chi connectivity index (χ1n) is 6.61. The lowest BCUT2D eigenvalue weighted by molar-refractivity contribution is 0.0109. The zero-order chi connectivity index (χ0) is 12.1. The van der Waals surface area contributed by atoms with Crippen molar-refractivity contribution in [1.82, 2.24) is 0 Å². The Hall–Kier alpha value is -0.863. The van der Waals surface area contributed by atoms with Crippen molar-refractivity contribution < 1.29 is 4.74 Å². The number of hydrogen-bond acceptors (Lipinski definition) is 1. The molecule has 0 N–H and O–H groups in total. The van der Waals surface area contributed by atoms with Gasteiger partial charge in [-0.1, -0.05) is 55.6 Å². The van der Waals surface area contributed by atoms with Crippen LogP contribution in [0.15, 0.2) is 36.4 Å². The molecule has 2 rings (SSSR count).